The molecule has 0 fully saturated rings. The van der Waals surface area contributed by atoms with Crippen LogP contribution in [0.25, 0.3) is 0 Å². The fourth-order valence-corrected chi connectivity index (χ4v) is 1.20. The first kappa shape index (κ1) is 14.2. The highest BCUT2D eigenvalue weighted by atomic mass is 15.1. The molecule has 0 unspecified atom stereocenters. The molecule has 90 valence electrons. The van der Waals surface area contributed by atoms with Crippen molar-refractivity contribution >= 4 is 5.96 Å². The molecule has 15 heavy (non-hydrogen) atoms. The molecular weight excluding hydrogens is 188 g/mol. The molecule has 0 saturated carbocycles. The van der Waals surface area contributed by atoms with Gasteiger partial charge in [-0.25, -0.2) is 0 Å². The van der Waals surface area contributed by atoms with Crippen LogP contribution in [0.2, 0.25) is 0 Å². The molecule has 4 nitrogen and oxygen atoms in total. The molecule has 0 heterocycles. The smallest absolute Gasteiger partial charge is 0.188 e. The first-order valence-electron chi connectivity index (χ1n) is 5.93. The van der Waals surface area contributed by atoms with E-state index in [1.807, 2.05) is 0 Å². The summed E-state index contributed by atoms with van der Waals surface area (Å²) < 4.78 is 0. The van der Waals surface area contributed by atoms with Gasteiger partial charge >= 0.3 is 0 Å². The number of hydrogen-bond donors (Lipinski definition) is 2. The summed E-state index contributed by atoms with van der Waals surface area (Å²) in [6.07, 6.45) is 3.55. The fraction of sp³-hybridized carbons (Fsp3) is 0.909. The number of rotatable bonds is 8. The average Bonchev–Trinajstić information content (AvgIpc) is 2.23. The standard InChI is InChI=1S/C11H26N4/c1-4-6-9-15(3)10-8-14-11(12)13-7-5-2/h4-10H2,1-3H3,(H3,12,13,14). The lowest BCUT2D eigenvalue weighted by atomic mass is 10.3. The van der Waals surface area contributed by atoms with Gasteiger partial charge < -0.3 is 16.0 Å². The molecule has 3 N–H and O–H groups in total. The van der Waals surface area contributed by atoms with Crippen molar-refractivity contribution in [1.82, 2.24) is 10.2 Å². The summed E-state index contributed by atoms with van der Waals surface area (Å²) in [4.78, 5) is 6.48. The molecule has 0 aliphatic carbocycles. The van der Waals surface area contributed by atoms with Gasteiger partial charge in [-0.05, 0) is 26.4 Å². The number of nitrogens with zero attached hydrogens (tertiary/aromatic N) is 2. The van der Waals surface area contributed by atoms with E-state index in [2.05, 4.69) is 36.1 Å². The van der Waals surface area contributed by atoms with Crippen molar-refractivity contribution in [2.45, 2.75) is 33.1 Å². The topological polar surface area (TPSA) is 53.6 Å². The van der Waals surface area contributed by atoms with Crippen LogP contribution in [0, 0.1) is 0 Å². The summed E-state index contributed by atoms with van der Waals surface area (Å²) in [7, 11) is 2.14. The van der Waals surface area contributed by atoms with E-state index in [0.717, 1.165) is 32.6 Å². The minimum absolute atomic E-state index is 0.570. The summed E-state index contributed by atoms with van der Waals surface area (Å²) >= 11 is 0. The Morgan fingerprint density at radius 1 is 1.27 bits per heavy atom. The number of nitrogens with one attached hydrogen (secondary N) is 1. The van der Waals surface area contributed by atoms with Crippen LogP contribution in [0.15, 0.2) is 4.99 Å². The quantitative estimate of drug-likeness (QED) is 0.469. The molecular formula is C11H26N4. The number of unbranched alkanes of at least 4 members (excludes halogenated alkanes) is 1. The molecule has 0 radical (unpaired) electrons. The molecule has 0 bridgehead atoms. The van der Waals surface area contributed by atoms with Crippen LogP contribution in [0.1, 0.15) is 33.1 Å². The van der Waals surface area contributed by atoms with Crippen LogP contribution in [-0.2, 0) is 0 Å². The number of likely N-dealkylation sites (N-methyl/N-ethyl adjacent to an activating group) is 1. The van der Waals surface area contributed by atoms with Crippen LogP contribution in [-0.4, -0.2) is 44.1 Å². The molecule has 0 amide bonds. The van der Waals surface area contributed by atoms with Crippen molar-refractivity contribution in [2.24, 2.45) is 10.7 Å². The Bertz CT molecular complexity index is 168. The molecule has 0 aromatic carbocycles. The van der Waals surface area contributed by atoms with E-state index < -0.39 is 0 Å². The average molecular weight is 214 g/mol. The highest BCUT2D eigenvalue weighted by Crippen LogP contribution is 1.89. The second kappa shape index (κ2) is 9.77. The van der Waals surface area contributed by atoms with E-state index in [9.17, 15) is 0 Å². The second-order valence-electron chi connectivity index (χ2n) is 3.85. The lowest BCUT2D eigenvalue weighted by Crippen LogP contribution is -2.37. The third kappa shape index (κ3) is 9.53. The molecule has 0 aromatic heterocycles. The minimum Gasteiger partial charge on any atom is -0.370 e. The predicted molar refractivity (Wildman–Crippen MR) is 67.2 cm³/mol. The maximum atomic E-state index is 5.67. The third-order valence-corrected chi connectivity index (χ3v) is 2.20. The number of hydrogen-bond acceptors (Lipinski definition) is 2. The summed E-state index contributed by atoms with van der Waals surface area (Å²) in [6.45, 7) is 8.16. The van der Waals surface area contributed by atoms with Crippen LogP contribution >= 0.6 is 0 Å². The third-order valence-electron chi connectivity index (χ3n) is 2.20. The fourth-order valence-electron chi connectivity index (χ4n) is 1.20. The van der Waals surface area contributed by atoms with Crippen molar-refractivity contribution in [3.8, 4) is 0 Å². The maximum absolute atomic E-state index is 5.67. The van der Waals surface area contributed by atoms with Gasteiger partial charge in [0.2, 0.25) is 0 Å². The number of aliphatic imine (C=N–C) groups is 1. The SMILES string of the molecule is CCCCN(C)CCNC(N)=NCCC. The van der Waals surface area contributed by atoms with Gasteiger partial charge in [0.25, 0.3) is 0 Å². The molecule has 0 aliphatic rings. The lowest BCUT2D eigenvalue weighted by molar-refractivity contribution is 0.332. The highest BCUT2D eigenvalue weighted by molar-refractivity contribution is 5.77. The van der Waals surface area contributed by atoms with Gasteiger partial charge in [0.1, 0.15) is 0 Å². The Morgan fingerprint density at radius 2 is 2.00 bits per heavy atom. The maximum Gasteiger partial charge on any atom is 0.188 e. The van der Waals surface area contributed by atoms with Gasteiger partial charge in [-0.1, -0.05) is 20.3 Å². The van der Waals surface area contributed by atoms with E-state index in [1.165, 1.54) is 12.8 Å². The first-order valence-corrected chi connectivity index (χ1v) is 5.93. The molecule has 4 heteroatoms. The van der Waals surface area contributed by atoms with Gasteiger partial charge in [-0.3, -0.25) is 4.99 Å². The van der Waals surface area contributed by atoms with Crippen molar-refractivity contribution in [3.05, 3.63) is 0 Å². The minimum atomic E-state index is 0.570. The van der Waals surface area contributed by atoms with Crippen molar-refractivity contribution in [1.29, 1.82) is 0 Å². The van der Waals surface area contributed by atoms with E-state index in [1.54, 1.807) is 0 Å². The van der Waals surface area contributed by atoms with Gasteiger partial charge in [0.05, 0.1) is 0 Å². The Labute approximate surface area is 93.9 Å². The monoisotopic (exact) mass is 214 g/mol. The van der Waals surface area contributed by atoms with E-state index in [-0.39, 0.29) is 0 Å². The van der Waals surface area contributed by atoms with E-state index in [0.29, 0.717) is 5.96 Å². The Hall–Kier alpha value is -0.770. The van der Waals surface area contributed by atoms with Crippen LogP contribution in [0.5, 0.6) is 0 Å². The normalized spacial score (nSPS) is 12.1. The van der Waals surface area contributed by atoms with E-state index >= 15 is 0 Å². The lowest BCUT2D eigenvalue weighted by Gasteiger charge is -2.16. The second-order valence-corrected chi connectivity index (χ2v) is 3.85. The van der Waals surface area contributed by atoms with Gasteiger partial charge in [0.15, 0.2) is 5.96 Å². The van der Waals surface area contributed by atoms with Gasteiger partial charge in [-0.2, -0.15) is 0 Å². The predicted octanol–water partition coefficient (Wildman–Crippen LogP) is 1.03. The Kier molecular flexibility index (Phi) is 9.27. The van der Waals surface area contributed by atoms with E-state index in [4.69, 9.17) is 5.73 Å². The zero-order valence-electron chi connectivity index (χ0n) is 10.4. The summed E-state index contributed by atoms with van der Waals surface area (Å²) in [5.41, 5.74) is 5.67. The van der Waals surface area contributed by atoms with Crippen LogP contribution < -0.4 is 11.1 Å². The molecule has 0 spiro atoms. The van der Waals surface area contributed by atoms with Gasteiger partial charge in [-0.15, -0.1) is 0 Å². The molecule has 0 saturated heterocycles. The first-order chi connectivity index (χ1) is 7.20. The molecule has 0 atom stereocenters. The molecule has 0 aromatic rings. The van der Waals surface area contributed by atoms with Crippen molar-refractivity contribution in [2.75, 3.05) is 33.2 Å². The highest BCUT2D eigenvalue weighted by Gasteiger charge is 1.97. The largest absolute Gasteiger partial charge is 0.370 e. The van der Waals surface area contributed by atoms with Gasteiger partial charge in [0, 0.05) is 19.6 Å². The summed E-state index contributed by atoms with van der Waals surface area (Å²) in [6, 6.07) is 0. The number of guanidine groups is 1. The molecule has 0 rings (SSSR count). The van der Waals surface area contributed by atoms with Crippen molar-refractivity contribution in [3.63, 3.8) is 0 Å². The summed E-state index contributed by atoms with van der Waals surface area (Å²) in [5.74, 6) is 0.570. The summed E-state index contributed by atoms with van der Waals surface area (Å²) in [5, 5.41) is 3.11. The van der Waals surface area contributed by atoms with Crippen LogP contribution in [0.3, 0.4) is 0 Å². The zero-order valence-corrected chi connectivity index (χ0v) is 10.4. The van der Waals surface area contributed by atoms with Crippen LogP contribution in [0.4, 0.5) is 0 Å². The molecule has 0 aliphatic heterocycles. The Balaban J connectivity index is 3.43. The van der Waals surface area contributed by atoms with Crippen molar-refractivity contribution < 1.29 is 0 Å². The number of nitrogens with two attached hydrogens (primary N) is 1. The zero-order chi connectivity index (χ0) is 11.5. The Morgan fingerprint density at radius 3 is 2.60 bits per heavy atom.